The molecule has 0 spiro atoms. The van der Waals surface area contributed by atoms with E-state index in [1.807, 2.05) is 0 Å². The molecule has 0 amide bonds. The SMILES string of the molecule is NC=N[C@@H](CCC(=O)[O-])C(=O)[O-]. The first-order valence-electron chi connectivity index (χ1n) is 3.22. The highest BCUT2D eigenvalue weighted by atomic mass is 16.4. The second-order valence-corrected chi connectivity index (χ2v) is 2.04. The summed E-state index contributed by atoms with van der Waals surface area (Å²) in [7, 11) is 0. The molecule has 0 unspecified atom stereocenters. The van der Waals surface area contributed by atoms with Gasteiger partial charge in [-0.25, -0.2) is 0 Å². The molecule has 0 aromatic heterocycles. The van der Waals surface area contributed by atoms with Crippen molar-refractivity contribution in [2.24, 2.45) is 10.7 Å². The fourth-order valence-corrected chi connectivity index (χ4v) is 0.612. The van der Waals surface area contributed by atoms with Gasteiger partial charge in [0.1, 0.15) is 0 Å². The third-order valence-electron chi connectivity index (χ3n) is 1.16. The maximum absolute atomic E-state index is 10.2. The minimum absolute atomic E-state index is 0.168. The number of carbonyl (C=O) groups excluding carboxylic acids is 2. The van der Waals surface area contributed by atoms with Gasteiger partial charge in [-0.1, -0.05) is 0 Å². The van der Waals surface area contributed by atoms with E-state index in [1.54, 1.807) is 0 Å². The van der Waals surface area contributed by atoms with Crippen LogP contribution in [0, 0.1) is 0 Å². The van der Waals surface area contributed by atoms with E-state index in [0.717, 1.165) is 6.34 Å². The van der Waals surface area contributed by atoms with Gasteiger partial charge in [-0.3, -0.25) is 4.99 Å². The smallest absolute Gasteiger partial charge is 0.0913 e. The van der Waals surface area contributed by atoms with Crippen molar-refractivity contribution >= 4 is 18.3 Å². The molecule has 0 radical (unpaired) electrons. The Morgan fingerprint density at radius 3 is 2.42 bits per heavy atom. The molecule has 0 aliphatic carbocycles. The van der Waals surface area contributed by atoms with Crippen LogP contribution in [0.4, 0.5) is 0 Å². The molecule has 0 rings (SSSR count). The van der Waals surface area contributed by atoms with Crippen LogP contribution in [0.5, 0.6) is 0 Å². The molecule has 68 valence electrons. The molecule has 0 fully saturated rings. The van der Waals surface area contributed by atoms with Crippen LogP contribution >= 0.6 is 0 Å². The Morgan fingerprint density at radius 1 is 1.50 bits per heavy atom. The highest BCUT2D eigenvalue weighted by Crippen LogP contribution is 1.99. The number of aliphatic imine (C=N–C) groups is 1. The fourth-order valence-electron chi connectivity index (χ4n) is 0.612. The Labute approximate surface area is 68.7 Å². The predicted octanol–water partition coefficient (Wildman–Crippen LogP) is -3.38. The number of nitrogens with two attached hydrogens (primary N) is 1. The lowest BCUT2D eigenvalue weighted by molar-refractivity contribution is -0.309. The highest BCUT2D eigenvalue weighted by molar-refractivity contribution is 5.74. The zero-order chi connectivity index (χ0) is 9.56. The number of carboxylic acids is 2. The first kappa shape index (κ1) is 10.4. The van der Waals surface area contributed by atoms with Crippen molar-refractivity contribution in [1.82, 2.24) is 0 Å². The standard InChI is InChI=1S/C6H10N2O4/c7-3-8-4(6(11)12)1-2-5(9)10/h3-4H,1-2H2,(H2,7,8)(H,9,10)(H,11,12)/p-2/t4-/m0/s1. The molecule has 1 atom stereocenters. The summed E-state index contributed by atoms with van der Waals surface area (Å²) in [6.45, 7) is 0. The summed E-state index contributed by atoms with van der Waals surface area (Å²) in [6.07, 6.45) is 0.254. The second-order valence-electron chi connectivity index (χ2n) is 2.04. The Kier molecular flexibility index (Phi) is 4.43. The van der Waals surface area contributed by atoms with Gasteiger partial charge in [0.05, 0.1) is 18.3 Å². The summed E-state index contributed by atoms with van der Waals surface area (Å²) >= 11 is 0. The van der Waals surface area contributed by atoms with E-state index in [9.17, 15) is 19.8 Å². The van der Waals surface area contributed by atoms with E-state index < -0.39 is 18.0 Å². The van der Waals surface area contributed by atoms with Gasteiger partial charge in [-0.2, -0.15) is 0 Å². The highest BCUT2D eigenvalue weighted by Gasteiger charge is 2.06. The number of carboxylic acid groups (broad SMARTS) is 2. The maximum atomic E-state index is 10.2. The van der Waals surface area contributed by atoms with Gasteiger partial charge in [0.2, 0.25) is 0 Å². The van der Waals surface area contributed by atoms with Crippen molar-refractivity contribution in [3.8, 4) is 0 Å². The molecule has 0 saturated carbocycles. The number of carbonyl (C=O) groups is 2. The van der Waals surface area contributed by atoms with Crippen LogP contribution in [-0.2, 0) is 9.59 Å². The molecule has 6 heteroatoms. The fraction of sp³-hybridized carbons (Fsp3) is 0.500. The first-order chi connectivity index (χ1) is 5.57. The van der Waals surface area contributed by atoms with E-state index in [2.05, 4.69) is 4.99 Å². The third kappa shape index (κ3) is 4.26. The maximum Gasteiger partial charge on any atom is 0.0913 e. The minimum atomic E-state index is -1.45. The summed E-state index contributed by atoms with van der Waals surface area (Å²) in [5.74, 6) is -2.77. The summed E-state index contributed by atoms with van der Waals surface area (Å²) in [5.41, 5.74) is 4.83. The van der Waals surface area contributed by atoms with Crippen LogP contribution in [0.15, 0.2) is 4.99 Å². The van der Waals surface area contributed by atoms with Crippen molar-refractivity contribution in [1.29, 1.82) is 0 Å². The summed E-state index contributed by atoms with van der Waals surface area (Å²) in [4.78, 5) is 23.4. The first-order valence-corrected chi connectivity index (χ1v) is 3.22. The molecule has 2 N–H and O–H groups in total. The van der Waals surface area contributed by atoms with Gasteiger partial charge in [0, 0.05) is 5.97 Å². The molecule has 0 aliphatic heterocycles. The molecular weight excluding hydrogens is 164 g/mol. The van der Waals surface area contributed by atoms with Crippen molar-refractivity contribution in [2.45, 2.75) is 18.9 Å². The number of nitrogens with zero attached hydrogens (tertiary/aromatic N) is 1. The molecule has 0 heterocycles. The van der Waals surface area contributed by atoms with Crippen LogP contribution in [0.3, 0.4) is 0 Å². The Morgan fingerprint density at radius 2 is 2.08 bits per heavy atom. The van der Waals surface area contributed by atoms with Crippen molar-refractivity contribution in [2.75, 3.05) is 0 Å². The second kappa shape index (κ2) is 5.11. The largest absolute Gasteiger partial charge is 0.550 e. The quantitative estimate of drug-likeness (QED) is 0.343. The Balaban J connectivity index is 3.96. The van der Waals surface area contributed by atoms with Crippen molar-refractivity contribution < 1.29 is 19.8 Å². The van der Waals surface area contributed by atoms with Gasteiger partial charge in [-0.15, -0.1) is 0 Å². The van der Waals surface area contributed by atoms with Crippen LogP contribution in [0.2, 0.25) is 0 Å². The average molecular weight is 172 g/mol. The third-order valence-corrected chi connectivity index (χ3v) is 1.16. The average Bonchev–Trinajstić information content (AvgIpc) is 1.96. The Hall–Kier alpha value is -1.59. The number of rotatable bonds is 5. The lowest BCUT2D eigenvalue weighted by atomic mass is 10.2. The summed E-state index contributed by atoms with van der Waals surface area (Å²) in [5, 5.41) is 20.1. The lowest BCUT2D eigenvalue weighted by Crippen LogP contribution is -2.36. The van der Waals surface area contributed by atoms with E-state index >= 15 is 0 Å². The molecule has 0 aromatic rings. The van der Waals surface area contributed by atoms with Crippen LogP contribution in [0.25, 0.3) is 0 Å². The van der Waals surface area contributed by atoms with E-state index in [4.69, 9.17) is 5.73 Å². The van der Waals surface area contributed by atoms with E-state index in [-0.39, 0.29) is 12.8 Å². The summed E-state index contributed by atoms with van der Waals surface area (Å²) in [6, 6.07) is -1.20. The van der Waals surface area contributed by atoms with Gasteiger partial charge >= 0.3 is 0 Å². The number of hydrogen-bond acceptors (Lipinski definition) is 5. The lowest BCUT2D eigenvalue weighted by Gasteiger charge is -2.12. The molecule has 0 bridgehead atoms. The van der Waals surface area contributed by atoms with E-state index in [0.29, 0.717) is 0 Å². The van der Waals surface area contributed by atoms with Crippen LogP contribution in [0.1, 0.15) is 12.8 Å². The minimum Gasteiger partial charge on any atom is -0.550 e. The van der Waals surface area contributed by atoms with Gasteiger partial charge < -0.3 is 25.5 Å². The number of aliphatic carboxylic acids is 2. The zero-order valence-electron chi connectivity index (χ0n) is 6.23. The zero-order valence-corrected chi connectivity index (χ0v) is 6.23. The van der Waals surface area contributed by atoms with Crippen LogP contribution < -0.4 is 15.9 Å². The predicted molar refractivity (Wildman–Crippen MR) is 35.7 cm³/mol. The van der Waals surface area contributed by atoms with Crippen LogP contribution in [-0.4, -0.2) is 24.3 Å². The van der Waals surface area contributed by atoms with Gasteiger partial charge in [-0.05, 0) is 12.8 Å². The van der Waals surface area contributed by atoms with Gasteiger partial charge in [0.15, 0.2) is 0 Å². The molecular formula is C6H8N2O4-2. The molecule has 0 aliphatic rings. The molecule has 0 saturated heterocycles. The topological polar surface area (TPSA) is 119 Å². The van der Waals surface area contributed by atoms with Crippen molar-refractivity contribution in [3.63, 3.8) is 0 Å². The summed E-state index contributed by atoms with van der Waals surface area (Å²) < 4.78 is 0. The number of hydrogen-bond donors (Lipinski definition) is 1. The Bertz CT molecular complexity index is 202. The van der Waals surface area contributed by atoms with Gasteiger partial charge in [0.25, 0.3) is 0 Å². The van der Waals surface area contributed by atoms with Crippen molar-refractivity contribution in [3.05, 3.63) is 0 Å². The van der Waals surface area contributed by atoms with E-state index in [1.165, 1.54) is 0 Å². The molecule has 12 heavy (non-hydrogen) atoms. The molecule has 6 nitrogen and oxygen atoms in total. The molecule has 0 aromatic carbocycles. The monoisotopic (exact) mass is 172 g/mol. The normalized spacial score (nSPS) is 13.0.